The van der Waals surface area contributed by atoms with Crippen LogP contribution in [0, 0.1) is 12.8 Å². The predicted octanol–water partition coefficient (Wildman–Crippen LogP) is 3.30. The first-order chi connectivity index (χ1) is 9.11. The van der Waals surface area contributed by atoms with Crippen LogP contribution < -0.4 is 5.32 Å². The summed E-state index contributed by atoms with van der Waals surface area (Å²) in [5, 5.41) is 3.30. The Balaban J connectivity index is 2.12. The molecule has 1 unspecified atom stereocenters. The van der Waals surface area contributed by atoms with Crippen molar-refractivity contribution in [3.63, 3.8) is 0 Å². The fraction of sp³-hybridized carbons (Fsp3) is 0.562. The smallest absolute Gasteiger partial charge is 0.253 e. The highest BCUT2D eigenvalue weighted by atomic mass is 16.2. The predicted molar refractivity (Wildman–Crippen MR) is 79.6 cm³/mol. The lowest BCUT2D eigenvalue weighted by Gasteiger charge is -2.31. The van der Waals surface area contributed by atoms with Crippen molar-refractivity contribution in [2.45, 2.75) is 33.6 Å². The van der Waals surface area contributed by atoms with E-state index >= 15 is 0 Å². The Morgan fingerprint density at radius 3 is 2.89 bits per heavy atom. The van der Waals surface area contributed by atoms with Gasteiger partial charge in [0.1, 0.15) is 0 Å². The van der Waals surface area contributed by atoms with Crippen molar-refractivity contribution in [2.24, 2.45) is 5.92 Å². The monoisotopic (exact) mass is 260 g/mol. The molecule has 0 aromatic heterocycles. The molecule has 1 aliphatic heterocycles. The van der Waals surface area contributed by atoms with E-state index in [1.54, 1.807) is 0 Å². The Hall–Kier alpha value is -1.51. The number of likely N-dealkylation sites (tertiary alicyclic amines) is 1. The molecular formula is C16H24N2O. The second-order valence-corrected chi connectivity index (χ2v) is 5.56. The molecule has 3 heteroatoms. The molecule has 0 bridgehead atoms. The first-order valence-corrected chi connectivity index (χ1v) is 7.25. The van der Waals surface area contributed by atoms with Crippen LogP contribution in [0.15, 0.2) is 18.2 Å². The van der Waals surface area contributed by atoms with Crippen molar-refractivity contribution < 1.29 is 4.79 Å². The fourth-order valence-corrected chi connectivity index (χ4v) is 2.74. The topological polar surface area (TPSA) is 32.3 Å². The minimum atomic E-state index is 0.178. The van der Waals surface area contributed by atoms with Gasteiger partial charge in [-0.25, -0.2) is 0 Å². The SMILES string of the molecule is CCNc1ccc(C(=O)N2CCCC(C)C2)cc1C. The van der Waals surface area contributed by atoms with Crippen molar-refractivity contribution in [2.75, 3.05) is 25.0 Å². The minimum Gasteiger partial charge on any atom is -0.385 e. The minimum absolute atomic E-state index is 0.178. The van der Waals surface area contributed by atoms with Gasteiger partial charge in [-0.2, -0.15) is 0 Å². The molecule has 1 atom stereocenters. The third kappa shape index (κ3) is 3.28. The first-order valence-electron chi connectivity index (χ1n) is 7.25. The number of nitrogens with one attached hydrogen (secondary N) is 1. The molecule has 1 heterocycles. The molecule has 3 nitrogen and oxygen atoms in total. The van der Waals surface area contributed by atoms with Crippen LogP contribution in [-0.4, -0.2) is 30.4 Å². The summed E-state index contributed by atoms with van der Waals surface area (Å²) < 4.78 is 0. The van der Waals surface area contributed by atoms with Gasteiger partial charge in [0.05, 0.1) is 0 Å². The first kappa shape index (κ1) is 13.9. The number of carbonyl (C=O) groups excluding carboxylic acids is 1. The molecule has 1 aromatic carbocycles. The highest BCUT2D eigenvalue weighted by Gasteiger charge is 2.22. The molecule has 1 saturated heterocycles. The standard InChI is InChI=1S/C16H24N2O/c1-4-17-15-8-7-14(10-13(15)3)16(19)18-9-5-6-12(2)11-18/h7-8,10,12,17H,4-6,9,11H2,1-3H3. The highest BCUT2D eigenvalue weighted by Crippen LogP contribution is 2.21. The maximum Gasteiger partial charge on any atom is 0.253 e. The zero-order valence-corrected chi connectivity index (χ0v) is 12.2. The Morgan fingerprint density at radius 2 is 2.26 bits per heavy atom. The van der Waals surface area contributed by atoms with Gasteiger partial charge in [0.15, 0.2) is 0 Å². The van der Waals surface area contributed by atoms with E-state index in [1.165, 1.54) is 6.42 Å². The van der Waals surface area contributed by atoms with Gasteiger partial charge in [0, 0.05) is 30.9 Å². The van der Waals surface area contributed by atoms with Gasteiger partial charge in [-0.15, -0.1) is 0 Å². The summed E-state index contributed by atoms with van der Waals surface area (Å²) in [5.74, 6) is 0.803. The Labute approximate surface area is 116 Å². The van der Waals surface area contributed by atoms with Gasteiger partial charge in [0.25, 0.3) is 5.91 Å². The maximum atomic E-state index is 12.5. The molecule has 2 rings (SSSR count). The fourth-order valence-electron chi connectivity index (χ4n) is 2.74. The zero-order valence-electron chi connectivity index (χ0n) is 12.2. The van der Waals surface area contributed by atoms with Crippen molar-refractivity contribution in [3.8, 4) is 0 Å². The number of rotatable bonds is 3. The quantitative estimate of drug-likeness (QED) is 0.904. The van der Waals surface area contributed by atoms with Gasteiger partial charge >= 0.3 is 0 Å². The summed E-state index contributed by atoms with van der Waals surface area (Å²) in [6, 6.07) is 5.95. The summed E-state index contributed by atoms with van der Waals surface area (Å²) in [4.78, 5) is 14.5. The molecule has 0 radical (unpaired) electrons. The van der Waals surface area contributed by atoms with Crippen molar-refractivity contribution >= 4 is 11.6 Å². The molecular weight excluding hydrogens is 236 g/mol. The lowest BCUT2D eigenvalue weighted by molar-refractivity contribution is 0.0683. The van der Waals surface area contributed by atoms with Gasteiger partial charge in [-0.1, -0.05) is 6.92 Å². The van der Waals surface area contributed by atoms with Crippen LogP contribution >= 0.6 is 0 Å². The Morgan fingerprint density at radius 1 is 1.47 bits per heavy atom. The number of aryl methyl sites for hydroxylation is 1. The number of benzene rings is 1. The van der Waals surface area contributed by atoms with E-state index in [9.17, 15) is 4.79 Å². The number of anilines is 1. The van der Waals surface area contributed by atoms with E-state index in [4.69, 9.17) is 0 Å². The van der Waals surface area contributed by atoms with E-state index in [0.717, 1.165) is 42.9 Å². The molecule has 1 aromatic rings. The molecule has 1 amide bonds. The summed E-state index contributed by atoms with van der Waals surface area (Å²) in [7, 11) is 0. The number of carbonyl (C=O) groups is 1. The van der Waals surface area contributed by atoms with E-state index in [1.807, 2.05) is 30.0 Å². The molecule has 0 saturated carbocycles. The van der Waals surface area contributed by atoms with Crippen molar-refractivity contribution in [1.29, 1.82) is 0 Å². The summed E-state index contributed by atoms with van der Waals surface area (Å²) in [5.41, 5.74) is 3.07. The molecule has 1 N–H and O–H groups in total. The van der Waals surface area contributed by atoms with Crippen LogP contribution in [0.1, 0.15) is 42.6 Å². The molecule has 0 aliphatic carbocycles. The lowest BCUT2D eigenvalue weighted by atomic mass is 9.99. The van der Waals surface area contributed by atoms with Crippen LogP contribution in [0.25, 0.3) is 0 Å². The zero-order chi connectivity index (χ0) is 13.8. The molecule has 1 aliphatic rings. The summed E-state index contributed by atoms with van der Waals surface area (Å²) in [6.45, 7) is 9.04. The van der Waals surface area contributed by atoms with Crippen molar-refractivity contribution in [1.82, 2.24) is 4.90 Å². The summed E-state index contributed by atoms with van der Waals surface area (Å²) in [6.07, 6.45) is 2.36. The number of hydrogen-bond acceptors (Lipinski definition) is 2. The number of amides is 1. The van der Waals surface area contributed by atoms with E-state index < -0.39 is 0 Å². The average Bonchev–Trinajstić information content (AvgIpc) is 2.40. The molecule has 19 heavy (non-hydrogen) atoms. The normalized spacial score (nSPS) is 19.3. The molecule has 104 valence electrons. The lowest BCUT2D eigenvalue weighted by Crippen LogP contribution is -2.39. The van der Waals surface area contributed by atoms with Crippen LogP contribution in [0.3, 0.4) is 0 Å². The van der Waals surface area contributed by atoms with E-state index in [2.05, 4.69) is 19.2 Å². The molecule has 1 fully saturated rings. The highest BCUT2D eigenvalue weighted by molar-refractivity contribution is 5.95. The van der Waals surface area contributed by atoms with Crippen LogP contribution in [0.2, 0.25) is 0 Å². The average molecular weight is 260 g/mol. The largest absolute Gasteiger partial charge is 0.385 e. The van der Waals surface area contributed by atoms with Gasteiger partial charge in [-0.3, -0.25) is 4.79 Å². The molecule has 0 spiro atoms. The van der Waals surface area contributed by atoms with Gasteiger partial charge in [0.2, 0.25) is 0 Å². The van der Waals surface area contributed by atoms with E-state index in [0.29, 0.717) is 5.92 Å². The number of piperidine rings is 1. The van der Waals surface area contributed by atoms with Gasteiger partial charge in [-0.05, 0) is 56.4 Å². The third-order valence-corrected chi connectivity index (χ3v) is 3.78. The third-order valence-electron chi connectivity index (χ3n) is 3.78. The Bertz CT molecular complexity index is 456. The Kier molecular flexibility index (Phi) is 4.46. The van der Waals surface area contributed by atoms with Crippen LogP contribution in [0.5, 0.6) is 0 Å². The van der Waals surface area contributed by atoms with Crippen LogP contribution in [0.4, 0.5) is 5.69 Å². The number of nitrogens with zero attached hydrogens (tertiary/aromatic N) is 1. The summed E-state index contributed by atoms with van der Waals surface area (Å²) >= 11 is 0. The second kappa shape index (κ2) is 6.09. The number of hydrogen-bond donors (Lipinski definition) is 1. The second-order valence-electron chi connectivity index (χ2n) is 5.56. The maximum absolute atomic E-state index is 12.5. The van der Waals surface area contributed by atoms with Crippen LogP contribution in [-0.2, 0) is 0 Å². The van der Waals surface area contributed by atoms with Gasteiger partial charge < -0.3 is 10.2 Å². The van der Waals surface area contributed by atoms with Crippen molar-refractivity contribution in [3.05, 3.63) is 29.3 Å². The van der Waals surface area contributed by atoms with E-state index in [-0.39, 0.29) is 5.91 Å².